The number of aromatic nitrogens is 3. The quantitative estimate of drug-likeness (QED) is 0.121. The molecule has 9 heteroatoms. The second-order valence-corrected chi connectivity index (χ2v) is 36.3. The van der Waals surface area contributed by atoms with Crippen LogP contribution in [-0.4, -0.2) is 13.7 Å². The molecule has 0 unspecified atom stereocenters. The van der Waals surface area contributed by atoms with Gasteiger partial charge in [0.2, 0.25) is 0 Å². The summed E-state index contributed by atoms with van der Waals surface area (Å²) in [4.78, 5) is 0. The molecule has 0 spiro atoms. The Bertz CT molecular complexity index is 10200. The van der Waals surface area contributed by atoms with E-state index in [0.29, 0.717) is 0 Å². The molecular weight excluding hydrogens is 1720 g/mol. The van der Waals surface area contributed by atoms with Crippen LogP contribution in [0.15, 0.2) is 518 Å². The van der Waals surface area contributed by atoms with Crippen LogP contribution in [0.5, 0.6) is 0 Å². The monoisotopic (exact) mass is 1800 g/mol. The molecule has 0 fully saturated rings. The van der Waals surface area contributed by atoms with Gasteiger partial charge in [0.25, 0.3) is 0 Å². The fourth-order valence-corrected chi connectivity index (χ4v) is 21.9. The minimum atomic E-state index is 0.876. The summed E-state index contributed by atoms with van der Waals surface area (Å²) in [7, 11) is 0. The van der Waals surface area contributed by atoms with Crippen LogP contribution in [0.3, 0.4) is 0 Å². The number of nitrogens with zero attached hydrogens (tertiary/aromatic N) is 3. The third kappa shape index (κ3) is 13.3. The number of benzene rings is 21. The van der Waals surface area contributed by atoms with E-state index in [9.17, 15) is 0 Å². The third-order valence-electron chi connectivity index (χ3n) is 28.2. The van der Waals surface area contributed by atoms with Crippen molar-refractivity contribution in [3.63, 3.8) is 0 Å². The van der Waals surface area contributed by atoms with Crippen LogP contribution in [0, 0.1) is 0 Å². The van der Waals surface area contributed by atoms with Crippen molar-refractivity contribution in [3.8, 4) is 117 Å². The maximum Gasteiger partial charge on any atom is 0.161 e. The van der Waals surface area contributed by atoms with Gasteiger partial charge in [-0.2, -0.15) is 0 Å². The lowest BCUT2D eigenvalue weighted by Crippen LogP contribution is -1.93. The summed E-state index contributed by atoms with van der Waals surface area (Å²) in [6.07, 6.45) is 0. The average Bonchev–Trinajstić information content (AvgIpc) is 1.56. The van der Waals surface area contributed by atoms with Gasteiger partial charge in [0, 0.05) is 87.6 Å². The largest absolute Gasteiger partial charge is 0.456 e. The first-order valence-corrected chi connectivity index (χ1v) is 47.8. The van der Waals surface area contributed by atoms with Crippen LogP contribution in [0.2, 0.25) is 0 Å². The predicted molar refractivity (Wildman–Crippen MR) is 582 cm³/mol. The minimum Gasteiger partial charge on any atom is -0.456 e. The Labute approximate surface area is 807 Å². The van der Waals surface area contributed by atoms with Crippen molar-refractivity contribution in [2.24, 2.45) is 0 Å². The van der Waals surface area contributed by atoms with Gasteiger partial charge in [-0.1, -0.05) is 346 Å². The molecule has 0 aliphatic rings. The van der Waals surface area contributed by atoms with E-state index in [0.717, 1.165) is 276 Å². The number of furan rings is 6. The van der Waals surface area contributed by atoms with Gasteiger partial charge in [0.05, 0.1) is 27.3 Å². The fourth-order valence-electron chi connectivity index (χ4n) is 21.9. The van der Waals surface area contributed by atoms with Gasteiger partial charge in [-0.3, -0.25) is 0 Å². The molecule has 660 valence electrons. The van der Waals surface area contributed by atoms with E-state index >= 15 is 0 Å². The van der Waals surface area contributed by atoms with Crippen molar-refractivity contribution < 1.29 is 26.5 Å². The molecule has 0 saturated carbocycles. The summed E-state index contributed by atoms with van der Waals surface area (Å²) in [5, 5.41) is 13.4. The highest BCUT2D eigenvalue weighted by Crippen LogP contribution is 2.51. The molecule has 0 saturated heterocycles. The smallest absolute Gasteiger partial charge is 0.161 e. The van der Waals surface area contributed by atoms with Crippen molar-refractivity contribution in [2.45, 2.75) is 0 Å². The SMILES string of the molecule is c1ccc(-c2ccc3c(c2)oc2cc(-c4cccc(-c5cccc6oc7c8ccccc8n(-c8ccccc8)c7c56)c4)ccc23)cc1.c1ccc(-c2cccc3c2oc2c(-c4cccc(-c5cccc6oc7c8ccccc8n(-c8ccccc8)c7c56)c4)cccc23)cc1.c1ccc(-c2cccc3c2oc2cccc(-c4cccc(-c5ccc6oc7c8ccccc8n(-c8ccccc8)c7c6c5)c4)c23)cc1. The van der Waals surface area contributed by atoms with E-state index in [1.807, 2.05) is 18.2 Å². The van der Waals surface area contributed by atoms with Gasteiger partial charge in [-0.25, -0.2) is 0 Å². The third-order valence-corrected chi connectivity index (χ3v) is 28.2. The fraction of sp³-hybridized carbons (Fsp3) is 0. The van der Waals surface area contributed by atoms with Crippen molar-refractivity contribution in [1.29, 1.82) is 0 Å². The van der Waals surface area contributed by atoms with Crippen LogP contribution in [0.4, 0.5) is 0 Å². The van der Waals surface area contributed by atoms with Crippen LogP contribution < -0.4 is 0 Å². The molecular formula is C132H81N3O6. The zero-order valence-electron chi connectivity index (χ0n) is 76.1. The molecule has 0 N–H and O–H groups in total. The lowest BCUT2D eigenvalue weighted by atomic mass is 9.95. The Morgan fingerprint density at radius 1 is 0.128 bits per heavy atom. The number of rotatable bonds is 12. The van der Waals surface area contributed by atoms with Gasteiger partial charge >= 0.3 is 0 Å². The van der Waals surface area contributed by atoms with E-state index in [1.54, 1.807) is 0 Å². The minimum absolute atomic E-state index is 0.876. The van der Waals surface area contributed by atoms with E-state index in [2.05, 4.69) is 487 Å². The summed E-state index contributed by atoms with van der Waals surface area (Å²) < 4.78 is 46.6. The molecule has 21 aromatic carbocycles. The van der Waals surface area contributed by atoms with Crippen molar-refractivity contribution >= 4 is 165 Å². The van der Waals surface area contributed by atoms with Gasteiger partial charge < -0.3 is 40.2 Å². The summed E-state index contributed by atoms with van der Waals surface area (Å²) in [5.41, 5.74) is 41.2. The summed E-state index contributed by atoms with van der Waals surface area (Å²) in [5.74, 6) is 0. The Kier molecular flexibility index (Phi) is 18.8. The molecule has 0 aliphatic carbocycles. The second kappa shape index (κ2) is 33.0. The molecule has 0 radical (unpaired) electrons. The Morgan fingerprint density at radius 3 is 0.887 bits per heavy atom. The molecule has 9 aromatic heterocycles. The Morgan fingerprint density at radius 2 is 0.418 bits per heavy atom. The summed E-state index contributed by atoms with van der Waals surface area (Å²) >= 11 is 0. The molecule has 0 aliphatic heterocycles. The van der Waals surface area contributed by atoms with Gasteiger partial charge in [0.15, 0.2) is 16.7 Å². The maximum atomic E-state index is 6.76. The van der Waals surface area contributed by atoms with Crippen LogP contribution in [0.1, 0.15) is 0 Å². The second-order valence-electron chi connectivity index (χ2n) is 36.3. The lowest BCUT2D eigenvalue weighted by Gasteiger charge is -2.10. The topological polar surface area (TPSA) is 93.6 Å². The maximum absolute atomic E-state index is 6.76. The van der Waals surface area contributed by atoms with Crippen molar-refractivity contribution in [1.82, 2.24) is 13.7 Å². The molecule has 0 bridgehead atoms. The first-order valence-electron chi connectivity index (χ1n) is 47.8. The number of fused-ring (bicyclic) bond motifs is 24. The van der Waals surface area contributed by atoms with Crippen LogP contribution in [-0.2, 0) is 0 Å². The normalized spacial score (nSPS) is 11.8. The Hall–Kier alpha value is -19.0. The van der Waals surface area contributed by atoms with E-state index in [1.165, 1.54) is 5.56 Å². The van der Waals surface area contributed by atoms with Crippen LogP contribution in [0.25, 0.3) is 282 Å². The van der Waals surface area contributed by atoms with Gasteiger partial charge in [-0.05, 0) is 229 Å². The highest BCUT2D eigenvalue weighted by Gasteiger charge is 2.28. The number of hydrogen-bond acceptors (Lipinski definition) is 6. The number of para-hydroxylation sites is 9. The highest BCUT2D eigenvalue weighted by molar-refractivity contribution is 6.24. The Balaban J connectivity index is 0.000000104. The molecule has 30 aromatic rings. The average molecular weight is 1810 g/mol. The molecule has 9 heterocycles. The lowest BCUT2D eigenvalue weighted by molar-refractivity contribution is 0.669. The zero-order valence-corrected chi connectivity index (χ0v) is 76.1. The van der Waals surface area contributed by atoms with Gasteiger partial charge in [0.1, 0.15) is 66.8 Å². The van der Waals surface area contributed by atoms with Gasteiger partial charge in [-0.15, -0.1) is 0 Å². The van der Waals surface area contributed by atoms with Crippen LogP contribution >= 0.6 is 0 Å². The summed E-state index contributed by atoms with van der Waals surface area (Å²) in [6, 6.07) is 173. The molecule has 30 rings (SSSR count). The molecule has 0 amide bonds. The molecule has 0 atom stereocenters. The molecule has 141 heavy (non-hydrogen) atoms. The zero-order chi connectivity index (χ0) is 92.7. The van der Waals surface area contributed by atoms with E-state index < -0.39 is 0 Å². The standard InChI is InChI=1S/3C44H27NO2/c1-3-13-28(14-4-1)33-21-10-23-35-36-24-11-22-34(43(36)47-42(33)35)30-16-9-15-29(27-30)32-20-12-26-39-40(32)41-44(46-39)37-19-7-8-25-38(37)45(41)31-17-5-2-6-18-31;1-3-12-28(13-4-1)34-20-10-21-36-41-33(19-11-23-40(41)47-43(34)36)31-15-9-14-29(26-31)30-24-25-39-37(27-30)42-44(46-39)35-18-7-8-22-38(35)45(42)32-16-5-2-6-17-32;1-3-11-28(12-4-1)30-21-23-35-36-24-22-31(27-41(36)46-40(35)26-30)29-13-9-14-32(25-29)34-18-10-20-39-42(34)43-44(47-39)37-17-7-8-19-38(37)45(43)33-15-5-2-6-16-33/h3*1-27H. The van der Waals surface area contributed by atoms with Crippen molar-refractivity contribution in [3.05, 3.63) is 491 Å². The first-order chi connectivity index (χ1) is 69.9. The predicted octanol–water partition coefficient (Wildman–Crippen LogP) is 37.3. The van der Waals surface area contributed by atoms with E-state index in [-0.39, 0.29) is 0 Å². The van der Waals surface area contributed by atoms with E-state index in [4.69, 9.17) is 26.5 Å². The molecule has 9 nitrogen and oxygen atoms in total. The van der Waals surface area contributed by atoms with Crippen molar-refractivity contribution in [2.75, 3.05) is 0 Å². The highest BCUT2D eigenvalue weighted by atomic mass is 16.4. The number of hydrogen-bond donors (Lipinski definition) is 0. The first kappa shape index (κ1) is 80.5. The summed E-state index contributed by atoms with van der Waals surface area (Å²) in [6.45, 7) is 0.